The van der Waals surface area contributed by atoms with Crippen LogP contribution < -0.4 is 5.32 Å². The molecule has 1 aromatic carbocycles. The van der Waals surface area contributed by atoms with Gasteiger partial charge in [-0.3, -0.25) is 0 Å². The summed E-state index contributed by atoms with van der Waals surface area (Å²) >= 11 is 6.02. The summed E-state index contributed by atoms with van der Waals surface area (Å²) in [7, 11) is 0. The van der Waals surface area contributed by atoms with Crippen molar-refractivity contribution < 1.29 is 4.42 Å². The van der Waals surface area contributed by atoms with Gasteiger partial charge in [-0.05, 0) is 37.6 Å². The molecule has 2 aromatic rings. The van der Waals surface area contributed by atoms with Crippen molar-refractivity contribution in [1.82, 2.24) is 10.3 Å². The van der Waals surface area contributed by atoms with Crippen LogP contribution in [0.2, 0.25) is 5.02 Å². The number of oxazole rings is 1. The largest absolute Gasteiger partial charge is 0.441 e. The highest BCUT2D eigenvalue weighted by Gasteiger charge is 2.09. The summed E-state index contributed by atoms with van der Waals surface area (Å²) in [6, 6.07) is 5.78. The van der Waals surface area contributed by atoms with E-state index < -0.39 is 0 Å². The molecule has 0 fully saturated rings. The molecule has 1 heterocycles. The van der Waals surface area contributed by atoms with Crippen molar-refractivity contribution in [2.75, 3.05) is 13.1 Å². The molecule has 4 heteroatoms. The SMILES string of the molecule is CCCNCCc1ncc(-c2cc(Cl)ccc2C)o1. The Bertz CT molecular complexity index is 537. The molecule has 1 aromatic heterocycles. The highest BCUT2D eigenvalue weighted by molar-refractivity contribution is 6.30. The van der Waals surface area contributed by atoms with Crippen LogP contribution in [0.15, 0.2) is 28.8 Å². The Labute approximate surface area is 119 Å². The molecular weight excluding hydrogens is 260 g/mol. The minimum absolute atomic E-state index is 0.711. The molecule has 19 heavy (non-hydrogen) atoms. The molecule has 3 nitrogen and oxygen atoms in total. The van der Waals surface area contributed by atoms with Crippen molar-refractivity contribution >= 4 is 11.6 Å². The van der Waals surface area contributed by atoms with Crippen LogP contribution in [0.1, 0.15) is 24.8 Å². The van der Waals surface area contributed by atoms with Crippen LogP contribution in [-0.2, 0) is 6.42 Å². The Morgan fingerprint density at radius 2 is 2.16 bits per heavy atom. The number of hydrogen-bond donors (Lipinski definition) is 1. The molecule has 0 saturated carbocycles. The van der Waals surface area contributed by atoms with Gasteiger partial charge in [0.2, 0.25) is 0 Å². The average Bonchev–Trinajstić information content (AvgIpc) is 2.86. The van der Waals surface area contributed by atoms with E-state index in [1.165, 1.54) is 0 Å². The Morgan fingerprint density at radius 3 is 2.95 bits per heavy atom. The van der Waals surface area contributed by atoms with Gasteiger partial charge in [0.1, 0.15) is 0 Å². The molecular formula is C15H19ClN2O. The smallest absolute Gasteiger partial charge is 0.196 e. The maximum absolute atomic E-state index is 6.02. The number of aromatic nitrogens is 1. The van der Waals surface area contributed by atoms with Gasteiger partial charge in [0.05, 0.1) is 6.20 Å². The minimum Gasteiger partial charge on any atom is -0.441 e. The molecule has 0 aliphatic carbocycles. The zero-order chi connectivity index (χ0) is 13.7. The fourth-order valence-corrected chi connectivity index (χ4v) is 2.08. The van der Waals surface area contributed by atoms with E-state index in [0.717, 1.165) is 48.7 Å². The molecule has 1 N–H and O–H groups in total. The number of hydrogen-bond acceptors (Lipinski definition) is 3. The van der Waals surface area contributed by atoms with Gasteiger partial charge in [0.15, 0.2) is 11.7 Å². The molecule has 0 aliphatic rings. The Morgan fingerprint density at radius 1 is 1.32 bits per heavy atom. The summed E-state index contributed by atoms with van der Waals surface area (Å²) < 4.78 is 5.78. The summed E-state index contributed by atoms with van der Waals surface area (Å²) in [5.41, 5.74) is 2.14. The molecule has 0 aliphatic heterocycles. The van der Waals surface area contributed by atoms with Crippen molar-refractivity contribution in [2.24, 2.45) is 0 Å². The maximum Gasteiger partial charge on any atom is 0.196 e. The van der Waals surface area contributed by atoms with Crippen molar-refractivity contribution in [3.8, 4) is 11.3 Å². The summed E-state index contributed by atoms with van der Waals surface area (Å²) in [6.07, 6.45) is 3.71. The van der Waals surface area contributed by atoms with Crippen molar-refractivity contribution in [3.05, 3.63) is 40.9 Å². The highest BCUT2D eigenvalue weighted by atomic mass is 35.5. The number of nitrogens with zero attached hydrogens (tertiary/aromatic N) is 1. The van der Waals surface area contributed by atoms with Crippen LogP contribution in [-0.4, -0.2) is 18.1 Å². The third kappa shape index (κ3) is 3.82. The van der Waals surface area contributed by atoms with E-state index in [4.69, 9.17) is 16.0 Å². The van der Waals surface area contributed by atoms with E-state index in [0.29, 0.717) is 5.02 Å². The van der Waals surface area contributed by atoms with Crippen LogP contribution >= 0.6 is 11.6 Å². The quantitative estimate of drug-likeness (QED) is 0.816. The normalized spacial score (nSPS) is 10.9. The molecule has 0 saturated heterocycles. The van der Waals surface area contributed by atoms with Crippen LogP contribution in [0.4, 0.5) is 0 Å². The van der Waals surface area contributed by atoms with Crippen LogP contribution in [0.5, 0.6) is 0 Å². The number of nitrogens with one attached hydrogen (secondary N) is 1. The van der Waals surface area contributed by atoms with Gasteiger partial charge in [0, 0.05) is 23.6 Å². The lowest BCUT2D eigenvalue weighted by atomic mass is 10.1. The summed E-state index contributed by atoms with van der Waals surface area (Å²) in [6.45, 7) is 6.11. The van der Waals surface area contributed by atoms with Gasteiger partial charge in [0.25, 0.3) is 0 Å². The maximum atomic E-state index is 6.02. The molecule has 0 atom stereocenters. The van der Waals surface area contributed by atoms with Crippen LogP contribution in [0.25, 0.3) is 11.3 Å². The second kappa shape index (κ2) is 6.73. The van der Waals surface area contributed by atoms with Crippen molar-refractivity contribution in [2.45, 2.75) is 26.7 Å². The fourth-order valence-electron chi connectivity index (χ4n) is 1.91. The van der Waals surface area contributed by atoms with Gasteiger partial charge >= 0.3 is 0 Å². The lowest BCUT2D eigenvalue weighted by Crippen LogP contribution is -2.17. The van der Waals surface area contributed by atoms with Gasteiger partial charge in [-0.2, -0.15) is 0 Å². The first-order chi connectivity index (χ1) is 9.20. The second-order valence-corrected chi connectivity index (χ2v) is 5.01. The first-order valence-corrected chi connectivity index (χ1v) is 7.00. The topological polar surface area (TPSA) is 38.1 Å². The number of benzene rings is 1. The van der Waals surface area contributed by atoms with Crippen molar-refractivity contribution in [1.29, 1.82) is 0 Å². The number of halogens is 1. The van der Waals surface area contributed by atoms with E-state index in [1.807, 2.05) is 25.1 Å². The molecule has 0 bridgehead atoms. The van der Waals surface area contributed by atoms with Gasteiger partial charge < -0.3 is 9.73 Å². The van der Waals surface area contributed by atoms with E-state index in [-0.39, 0.29) is 0 Å². The highest BCUT2D eigenvalue weighted by Crippen LogP contribution is 2.27. The zero-order valence-electron chi connectivity index (χ0n) is 11.4. The number of aryl methyl sites for hydroxylation is 1. The molecule has 102 valence electrons. The lowest BCUT2D eigenvalue weighted by molar-refractivity contribution is 0.494. The van der Waals surface area contributed by atoms with Gasteiger partial charge in [-0.1, -0.05) is 24.6 Å². The molecule has 2 rings (SSSR count). The Kier molecular flexibility index (Phi) is 5.00. The molecule has 0 spiro atoms. The number of rotatable bonds is 6. The standard InChI is InChI=1S/C15H19ClN2O/c1-3-7-17-8-6-15-18-10-14(19-15)13-9-12(16)5-4-11(13)2/h4-5,9-10,17H,3,6-8H2,1-2H3. The summed E-state index contributed by atoms with van der Waals surface area (Å²) in [5, 5.41) is 4.04. The molecule has 0 radical (unpaired) electrons. The predicted molar refractivity (Wildman–Crippen MR) is 78.6 cm³/mol. The van der Waals surface area contributed by atoms with Gasteiger partial charge in [-0.25, -0.2) is 4.98 Å². The Balaban J connectivity index is 2.06. The van der Waals surface area contributed by atoms with E-state index in [1.54, 1.807) is 6.20 Å². The van der Waals surface area contributed by atoms with Crippen molar-refractivity contribution in [3.63, 3.8) is 0 Å². The minimum atomic E-state index is 0.711. The first kappa shape index (κ1) is 14.1. The Hall–Kier alpha value is -1.32. The summed E-state index contributed by atoms with van der Waals surface area (Å²) in [5.74, 6) is 1.54. The molecule has 0 amide bonds. The third-order valence-corrected chi connectivity index (χ3v) is 3.20. The van der Waals surface area contributed by atoms with E-state index >= 15 is 0 Å². The van der Waals surface area contributed by atoms with Crippen LogP contribution in [0, 0.1) is 6.92 Å². The van der Waals surface area contributed by atoms with Crippen LogP contribution in [0.3, 0.4) is 0 Å². The molecule has 0 unspecified atom stereocenters. The lowest BCUT2D eigenvalue weighted by Gasteiger charge is -2.02. The monoisotopic (exact) mass is 278 g/mol. The summed E-state index contributed by atoms with van der Waals surface area (Å²) in [4.78, 5) is 4.31. The zero-order valence-corrected chi connectivity index (χ0v) is 12.1. The average molecular weight is 279 g/mol. The van der Waals surface area contributed by atoms with E-state index in [9.17, 15) is 0 Å². The fraction of sp³-hybridized carbons (Fsp3) is 0.400. The van der Waals surface area contributed by atoms with Gasteiger partial charge in [-0.15, -0.1) is 0 Å². The predicted octanol–water partition coefficient (Wildman–Crippen LogP) is 3.85. The second-order valence-electron chi connectivity index (χ2n) is 4.58. The van der Waals surface area contributed by atoms with E-state index in [2.05, 4.69) is 17.2 Å². The third-order valence-electron chi connectivity index (χ3n) is 2.96. The first-order valence-electron chi connectivity index (χ1n) is 6.62.